The first-order chi connectivity index (χ1) is 3.80. The first-order valence-electron chi connectivity index (χ1n) is 3.16. The molecule has 0 aliphatic carbocycles. The molecule has 0 radical (unpaired) electrons. The predicted octanol–water partition coefficient (Wildman–Crippen LogP) is 1.69. The van der Waals surface area contributed by atoms with Gasteiger partial charge < -0.3 is 0 Å². The third-order valence-corrected chi connectivity index (χ3v) is 1.79. The Morgan fingerprint density at radius 3 is 2.44 bits per heavy atom. The fourth-order valence-electron chi connectivity index (χ4n) is 0.894. The molecule has 0 spiro atoms. The molecule has 1 aliphatic heterocycles. The van der Waals surface area contributed by atoms with Gasteiger partial charge in [0.15, 0.2) is 0 Å². The summed E-state index contributed by atoms with van der Waals surface area (Å²) in [5.41, 5.74) is 0. The van der Waals surface area contributed by atoms with Crippen molar-refractivity contribution in [1.82, 2.24) is 4.90 Å². The summed E-state index contributed by atoms with van der Waals surface area (Å²) in [5.74, 6) is 0. The summed E-state index contributed by atoms with van der Waals surface area (Å²) in [4.78, 5) is 2.35. The van der Waals surface area contributed by atoms with Crippen LogP contribution in [0, 0.1) is 0 Å². The van der Waals surface area contributed by atoms with Gasteiger partial charge in [0.05, 0.1) is 0 Å². The fourth-order valence-corrected chi connectivity index (χ4v) is 0.894. The quantitative estimate of drug-likeness (QED) is 0.472. The number of hydrogen-bond donors (Lipinski definition) is 0. The molecule has 1 heterocycles. The first kappa shape index (κ1) is 8.99. The standard InChI is InChI=1S/C7H13N.ClH/c1-7-5-3-4-6-8(7)2;/h3-4,7H,5-6H2,1-2H3;1H. The van der Waals surface area contributed by atoms with Crippen LogP contribution in [-0.4, -0.2) is 24.5 Å². The third-order valence-electron chi connectivity index (χ3n) is 1.79. The Bertz CT molecular complexity index is 89.1. The van der Waals surface area contributed by atoms with Gasteiger partial charge in [-0.3, -0.25) is 4.90 Å². The molecule has 2 heteroatoms. The Labute approximate surface area is 63.1 Å². The number of rotatable bonds is 0. The van der Waals surface area contributed by atoms with E-state index in [9.17, 15) is 0 Å². The minimum atomic E-state index is 0. The van der Waals surface area contributed by atoms with E-state index < -0.39 is 0 Å². The average molecular weight is 148 g/mol. The van der Waals surface area contributed by atoms with Gasteiger partial charge in [-0.2, -0.15) is 0 Å². The van der Waals surface area contributed by atoms with Gasteiger partial charge in [0.2, 0.25) is 0 Å². The summed E-state index contributed by atoms with van der Waals surface area (Å²) >= 11 is 0. The van der Waals surface area contributed by atoms with Gasteiger partial charge in [-0.05, 0) is 20.4 Å². The van der Waals surface area contributed by atoms with Crippen LogP contribution in [0.4, 0.5) is 0 Å². The van der Waals surface area contributed by atoms with Crippen molar-refractivity contribution >= 4 is 12.4 Å². The Balaban J connectivity index is 0.000000640. The number of likely N-dealkylation sites (N-methyl/N-ethyl adjacent to an activating group) is 1. The molecule has 0 amide bonds. The van der Waals surface area contributed by atoms with Crippen LogP contribution in [0.5, 0.6) is 0 Å². The summed E-state index contributed by atoms with van der Waals surface area (Å²) in [6.45, 7) is 3.38. The van der Waals surface area contributed by atoms with Crippen LogP contribution in [0.25, 0.3) is 0 Å². The van der Waals surface area contributed by atoms with Crippen LogP contribution in [0.1, 0.15) is 13.3 Å². The zero-order valence-corrected chi connectivity index (χ0v) is 6.82. The average Bonchev–Trinajstić information content (AvgIpc) is 1.77. The molecule has 54 valence electrons. The van der Waals surface area contributed by atoms with Crippen molar-refractivity contribution in [3.05, 3.63) is 12.2 Å². The molecule has 9 heavy (non-hydrogen) atoms. The van der Waals surface area contributed by atoms with E-state index in [2.05, 4.69) is 31.0 Å². The summed E-state index contributed by atoms with van der Waals surface area (Å²) in [5, 5.41) is 0. The molecule has 0 aromatic carbocycles. The number of nitrogens with zero attached hydrogens (tertiary/aromatic N) is 1. The van der Waals surface area contributed by atoms with E-state index in [0.717, 1.165) is 12.6 Å². The lowest BCUT2D eigenvalue weighted by atomic mass is 10.1. The molecule has 0 saturated heterocycles. The van der Waals surface area contributed by atoms with Crippen LogP contribution in [0.2, 0.25) is 0 Å². The van der Waals surface area contributed by atoms with Gasteiger partial charge >= 0.3 is 0 Å². The van der Waals surface area contributed by atoms with Crippen LogP contribution < -0.4 is 0 Å². The Morgan fingerprint density at radius 2 is 2.11 bits per heavy atom. The molecule has 0 N–H and O–H groups in total. The van der Waals surface area contributed by atoms with Gasteiger partial charge in [0, 0.05) is 12.6 Å². The Kier molecular flexibility index (Phi) is 3.91. The molecule has 1 atom stereocenters. The third kappa shape index (κ3) is 2.37. The normalized spacial score (nSPS) is 27.6. The lowest BCUT2D eigenvalue weighted by Gasteiger charge is -2.25. The summed E-state index contributed by atoms with van der Waals surface area (Å²) < 4.78 is 0. The molecule has 0 fully saturated rings. The predicted molar refractivity (Wildman–Crippen MR) is 43.1 cm³/mol. The molecule has 1 aliphatic rings. The zero-order valence-electron chi connectivity index (χ0n) is 6.00. The van der Waals surface area contributed by atoms with Crippen molar-refractivity contribution in [3.8, 4) is 0 Å². The highest BCUT2D eigenvalue weighted by atomic mass is 35.5. The van der Waals surface area contributed by atoms with Crippen molar-refractivity contribution < 1.29 is 0 Å². The van der Waals surface area contributed by atoms with E-state index in [1.165, 1.54) is 6.42 Å². The van der Waals surface area contributed by atoms with Crippen molar-refractivity contribution in [1.29, 1.82) is 0 Å². The SMILES string of the molecule is CC1CC=CCN1C.Cl. The highest BCUT2D eigenvalue weighted by Gasteiger charge is 2.07. The van der Waals surface area contributed by atoms with Gasteiger partial charge in [-0.25, -0.2) is 0 Å². The highest BCUT2D eigenvalue weighted by molar-refractivity contribution is 5.85. The van der Waals surface area contributed by atoms with Gasteiger partial charge in [-0.1, -0.05) is 12.2 Å². The maximum Gasteiger partial charge on any atom is 0.0163 e. The Hall–Kier alpha value is -0.0100. The minimum absolute atomic E-state index is 0. The van der Waals surface area contributed by atoms with E-state index in [4.69, 9.17) is 0 Å². The molecule has 1 rings (SSSR count). The first-order valence-corrected chi connectivity index (χ1v) is 3.16. The van der Waals surface area contributed by atoms with Crippen LogP contribution in [0.3, 0.4) is 0 Å². The molecule has 0 aromatic heterocycles. The molecule has 1 unspecified atom stereocenters. The second kappa shape index (κ2) is 3.91. The summed E-state index contributed by atoms with van der Waals surface area (Å²) in [6, 6.07) is 0.750. The van der Waals surface area contributed by atoms with E-state index in [1.807, 2.05) is 0 Å². The topological polar surface area (TPSA) is 3.24 Å². The van der Waals surface area contributed by atoms with E-state index in [-0.39, 0.29) is 12.4 Å². The lowest BCUT2D eigenvalue weighted by molar-refractivity contribution is 0.275. The maximum atomic E-state index is 2.35. The van der Waals surface area contributed by atoms with Crippen LogP contribution in [0.15, 0.2) is 12.2 Å². The van der Waals surface area contributed by atoms with Gasteiger partial charge in [0.25, 0.3) is 0 Å². The Morgan fingerprint density at radius 1 is 1.44 bits per heavy atom. The van der Waals surface area contributed by atoms with Gasteiger partial charge in [0.1, 0.15) is 0 Å². The zero-order chi connectivity index (χ0) is 5.98. The molecule has 0 bridgehead atoms. The van der Waals surface area contributed by atoms with Crippen molar-refractivity contribution in [3.63, 3.8) is 0 Å². The number of hydrogen-bond acceptors (Lipinski definition) is 1. The molecule has 1 nitrogen and oxygen atoms in total. The monoisotopic (exact) mass is 147 g/mol. The number of halogens is 1. The van der Waals surface area contributed by atoms with Crippen molar-refractivity contribution in [2.24, 2.45) is 0 Å². The van der Waals surface area contributed by atoms with Crippen molar-refractivity contribution in [2.75, 3.05) is 13.6 Å². The molecular formula is C7H14ClN. The lowest BCUT2D eigenvalue weighted by Crippen LogP contribution is -2.30. The highest BCUT2D eigenvalue weighted by Crippen LogP contribution is 2.06. The second-order valence-electron chi connectivity index (χ2n) is 2.50. The second-order valence-corrected chi connectivity index (χ2v) is 2.50. The molecule has 0 saturated carbocycles. The minimum Gasteiger partial charge on any atom is -0.300 e. The maximum absolute atomic E-state index is 2.35. The van der Waals surface area contributed by atoms with Crippen LogP contribution in [-0.2, 0) is 0 Å². The smallest absolute Gasteiger partial charge is 0.0163 e. The van der Waals surface area contributed by atoms with E-state index in [0.29, 0.717) is 0 Å². The summed E-state index contributed by atoms with van der Waals surface area (Å²) in [6.07, 6.45) is 5.70. The van der Waals surface area contributed by atoms with Crippen LogP contribution >= 0.6 is 12.4 Å². The fraction of sp³-hybridized carbons (Fsp3) is 0.714. The molecule has 0 aromatic rings. The van der Waals surface area contributed by atoms with Gasteiger partial charge in [-0.15, -0.1) is 12.4 Å². The summed E-state index contributed by atoms with van der Waals surface area (Å²) in [7, 11) is 2.16. The largest absolute Gasteiger partial charge is 0.300 e. The van der Waals surface area contributed by atoms with E-state index >= 15 is 0 Å². The van der Waals surface area contributed by atoms with Crippen molar-refractivity contribution in [2.45, 2.75) is 19.4 Å². The van der Waals surface area contributed by atoms with E-state index in [1.54, 1.807) is 0 Å². The molecular weight excluding hydrogens is 134 g/mol.